The van der Waals surface area contributed by atoms with Crippen LogP contribution in [0.5, 0.6) is 5.75 Å². The fourth-order valence-corrected chi connectivity index (χ4v) is 3.75. The van der Waals surface area contributed by atoms with Crippen molar-refractivity contribution in [1.29, 1.82) is 0 Å². The SMILES string of the molecule is CCCN(CCC)C(=O)c1ccc(-c2cc3c(cc2OC)C=C(C=O)CC(N)=N3)cc1. The number of benzene rings is 2. The molecular weight excluding hydrogens is 390 g/mol. The summed E-state index contributed by atoms with van der Waals surface area (Å²) in [5.74, 6) is 1.10. The zero-order chi connectivity index (χ0) is 22.4. The van der Waals surface area contributed by atoms with Crippen LogP contribution in [0.2, 0.25) is 0 Å². The lowest BCUT2D eigenvalue weighted by atomic mass is 9.98. The summed E-state index contributed by atoms with van der Waals surface area (Å²) >= 11 is 0. The highest BCUT2D eigenvalue weighted by Crippen LogP contribution is 2.38. The minimum absolute atomic E-state index is 0.0491. The minimum atomic E-state index is 0.0491. The van der Waals surface area contributed by atoms with E-state index >= 15 is 0 Å². The number of carbonyl (C=O) groups excluding carboxylic acids is 2. The molecule has 6 nitrogen and oxygen atoms in total. The van der Waals surface area contributed by atoms with Gasteiger partial charge in [-0.25, -0.2) is 4.99 Å². The lowest BCUT2D eigenvalue weighted by Crippen LogP contribution is -2.32. The topological polar surface area (TPSA) is 85.0 Å². The molecule has 0 aromatic heterocycles. The smallest absolute Gasteiger partial charge is 0.253 e. The van der Waals surface area contributed by atoms with Crippen molar-refractivity contribution in [2.24, 2.45) is 10.7 Å². The minimum Gasteiger partial charge on any atom is -0.496 e. The highest BCUT2D eigenvalue weighted by Gasteiger charge is 2.17. The normalized spacial score (nSPS) is 12.9. The van der Waals surface area contributed by atoms with Crippen LogP contribution in [-0.4, -0.2) is 43.1 Å². The van der Waals surface area contributed by atoms with Crippen LogP contribution in [0.4, 0.5) is 5.69 Å². The standard InChI is InChI=1S/C25H29N3O3/c1-4-10-28(11-5-2)25(30)19-8-6-18(7-9-19)21-15-22-20(14-23(21)31-3)12-17(16-29)13-24(26)27-22/h6-9,12,14-16H,4-5,10-11,13H2,1-3H3,(H2,26,27). The van der Waals surface area contributed by atoms with Crippen molar-refractivity contribution in [2.45, 2.75) is 33.1 Å². The number of ether oxygens (including phenoxy) is 1. The summed E-state index contributed by atoms with van der Waals surface area (Å²) in [4.78, 5) is 30.5. The zero-order valence-corrected chi connectivity index (χ0v) is 18.4. The Bertz CT molecular complexity index is 1020. The van der Waals surface area contributed by atoms with Crippen molar-refractivity contribution in [3.8, 4) is 16.9 Å². The molecule has 0 bridgehead atoms. The summed E-state index contributed by atoms with van der Waals surface area (Å²) in [6.45, 7) is 5.66. The lowest BCUT2D eigenvalue weighted by molar-refractivity contribution is -0.104. The number of nitrogens with two attached hydrogens (primary N) is 1. The zero-order valence-electron chi connectivity index (χ0n) is 18.4. The van der Waals surface area contributed by atoms with Gasteiger partial charge < -0.3 is 15.4 Å². The molecule has 2 aromatic rings. The number of aliphatic imine (C=N–C) groups is 1. The number of hydrogen-bond donors (Lipinski definition) is 1. The van der Waals surface area contributed by atoms with Crippen molar-refractivity contribution < 1.29 is 14.3 Å². The third-order valence-corrected chi connectivity index (χ3v) is 5.21. The first-order valence-electron chi connectivity index (χ1n) is 10.6. The van der Waals surface area contributed by atoms with Crippen molar-refractivity contribution in [3.05, 3.63) is 53.1 Å². The monoisotopic (exact) mass is 419 g/mol. The van der Waals surface area contributed by atoms with E-state index in [1.807, 2.05) is 41.3 Å². The molecular formula is C25H29N3O3. The van der Waals surface area contributed by atoms with Crippen LogP contribution in [0.1, 0.15) is 49.0 Å². The quantitative estimate of drug-likeness (QED) is 0.634. The van der Waals surface area contributed by atoms with Gasteiger partial charge in [0, 0.05) is 41.8 Å². The average molecular weight is 420 g/mol. The number of rotatable bonds is 8. The highest BCUT2D eigenvalue weighted by molar-refractivity contribution is 5.99. The van der Waals surface area contributed by atoms with Gasteiger partial charge in [-0.15, -0.1) is 0 Å². The largest absolute Gasteiger partial charge is 0.496 e. The average Bonchev–Trinajstić information content (AvgIpc) is 2.94. The second-order valence-corrected chi connectivity index (χ2v) is 7.60. The summed E-state index contributed by atoms with van der Waals surface area (Å²) in [5, 5.41) is 0. The molecule has 0 atom stereocenters. The fraction of sp³-hybridized carbons (Fsp3) is 0.320. The number of methoxy groups -OCH3 is 1. The lowest BCUT2D eigenvalue weighted by Gasteiger charge is -2.21. The Balaban J connectivity index is 1.98. The predicted molar refractivity (Wildman–Crippen MR) is 125 cm³/mol. The van der Waals surface area contributed by atoms with Crippen molar-refractivity contribution in [1.82, 2.24) is 4.90 Å². The highest BCUT2D eigenvalue weighted by atomic mass is 16.5. The molecule has 1 aliphatic heterocycles. The van der Waals surface area contributed by atoms with Gasteiger partial charge in [-0.1, -0.05) is 26.0 Å². The summed E-state index contributed by atoms with van der Waals surface area (Å²) in [6.07, 6.45) is 4.77. The summed E-state index contributed by atoms with van der Waals surface area (Å²) in [7, 11) is 1.61. The van der Waals surface area contributed by atoms with E-state index in [0.29, 0.717) is 34.8 Å². The number of nitrogens with zero attached hydrogens (tertiary/aromatic N) is 2. The molecule has 31 heavy (non-hydrogen) atoms. The van der Waals surface area contributed by atoms with Crippen molar-refractivity contribution in [3.63, 3.8) is 0 Å². The molecule has 0 aliphatic carbocycles. The molecule has 6 heteroatoms. The van der Waals surface area contributed by atoms with Gasteiger partial charge in [-0.05, 0) is 48.7 Å². The maximum Gasteiger partial charge on any atom is 0.253 e. The van der Waals surface area contributed by atoms with Crippen LogP contribution in [0, 0.1) is 0 Å². The van der Waals surface area contributed by atoms with E-state index in [1.54, 1.807) is 13.2 Å². The van der Waals surface area contributed by atoms with E-state index in [0.717, 1.165) is 48.9 Å². The molecule has 0 saturated heterocycles. The van der Waals surface area contributed by atoms with E-state index in [4.69, 9.17) is 10.5 Å². The molecule has 2 N–H and O–H groups in total. The molecule has 2 aromatic carbocycles. The molecule has 1 amide bonds. The van der Waals surface area contributed by atoms with E-state index < -0.39 is 0 Å². The van der Waals surface area contributed by atoms with Gasteiger partial charge in [0.2, 0.25) is 0 Å². The predicted octanol–water partition coefficient (Wildman–Crippen LogP) is 4.60. The van der Waals surface area contributed by atoms with Crippen molar-refractivity contribution >= 4 is 29.8 Å². The number of amides is 1. The molecule has 1 heterocycles. The van der Waals surface area contributed by atoms with E-state index in [2.05, 4.69) is 18.8 Å². The van der Waals surface area contributed by atoms with Gasteiger partial charge in [-0.3, -0.25) is 9.59 Å². The van der Waals surface area contributed by atoms with Gasteiger partial charge in [-0.2, -0.15) is 0 Å². The first-order valence-corrected chi connectivity index (χ1v) is 10.6. The first-order chi connectivity index (χ1) is 15.0. The molecule has 0 radical (unpaired) electrons. The molecule has 1 aliphatic rings. The maximum absolute atomic E-state index is 12.9. The number of fused-ring (bicyclic) bond motifs is 1. The van der Waals surface area contributed by atoms with Gasteiger partial charge in [0.05, 0.1) is 12.8 Å². The number of aldehydes is 1. The van der Waals surface area contributed by atoms with Crippen LogP contribution < -0.4 is 10.5 Å². The Morgan fingerprint density at radius 2 is 1.84 bits per heavy atom. The van der Waals surface area contributed by atoms with Gasteiger partial charge in [0.1, 0.15) is 17.9 Å². The summed E-state index contributed by atoms with van der Waals surface area (Å²) in [5.41, 5.74) is 10.4. The van der Waals surface area contributed by atoms with E-state index in [9.17, 15) is 9.59 Å². The Morgan fingerprint density at radius 3 is 2.42 bits per heavy atom. The Morgan fingerprint density at radius 1 is 1.16 bits per heavy atom. The van der Waals surface area contributed by atoms with Gasteiger partial charge in [0.25, 0.3) is 5.91 Å². The number of carbonyl (C=O) groups is 2. The second-order valence-electron chi connectivity index (χ2n) is 7.60. The van der Waals surface area contributed by atoms with Crippen LogP contribution in [0.25, 0.3) is 17.2 Å². The van der Waals surface area contributed by atoms with Crippen LogP contribution in [0.3, 0.4) is 0 Å². The number of hydrogen-bond acceptors (Lipinski definition) is 5. The van der Waals surface area contributed by atoms with E-state index in [-0.39, 0.29) is 5.91 Å². The molecule has 0 unspecified atom stereocenters. The Labute approximate surface area is 183 Å². The fourth-order valence-electron chi connectivity index (χ4n) is 3.75. The molecule has 162 valence electrons. The van der Waals surface area contributed by atoms with Gasteiger partial charge in [0.15, 0.2) is 0 Å². The first kappa shape index (κ1) is 22.3. The second kappa shape index (κ2) is 10.1. The summed E-state index contributed by atoms with van der Waals surface area (Å²) < 4.78 is 5.61. The third-order valence-electron chi connectivity index (χ3n) is 5.21. The molecule has 0 fully saturated rings. The Kier molecular flexibility index (Phi) is 7.23. The van der Waals surface area contributed by atoms with Gasteiger partial charge >= 0.3 is 0 Å². The van der Waals surface area contributed by atoms with E-state index in [1.165, 1.54) is 0 Å². The third kappa shape index (κ3) is 5.02. The summed E-state index contributed by atoms with van der Waals surface area (Å²) in [6, 6.07) is 11.3. The Hall–Kier alpha value is -3.41. The molecule has 0 spiro atoms. The molecule has 3 rings (SSSR count). The van der Waals surface area contributed by atoms with Crippen molar-refractivity contribution in [2.75, 3.05) is 20.2 Å². The maximum atomic E-state index is 12.9. The van der Waals surface area contributed by atoms with Crippen LogP contribution in [0.15, 0.2) is 47.0 Å². The molecule has 0 saturated carbocycles. The van der Waals surface area contributed by atoms with Crippen LogP contribution >= 0.6 is 0 Å². The van der Waals surface area contributed by atoms with Crippen LogP contribution in [-0.2, 0) is 4.79 Å². The number of amidine groups is 1.